The summed E-state index contributed by atoms with van der Waals surface area (Å²) in [4.78, 5) is 1.52. The van der Waals surface area contributed by atoms with Crippen LogP contribution in [0.4, 0.5) is 0 Å². The van der Waals surface area contributed by atoms with Crippen LogP contribution in [0.3, 0.4) is 0 Å². The molecule has 0 aliphatic rings. The molecule has 2 heteroatoms. The van der Waals surface area contributed by atoms with Crippen LogP contribution < -0.4 is 5.32 Å². The maximum absolute atomic E-state index is 3.58. The van der Waals surface area contributed by atoms with E-state index in [1.807, 2.05) is 11.3 Å². The minimum Gasteiger partial charge on any atom is -0.316 e. The van der Waals surface area contributed by atoms with Crippen molar-refractivity contribution in [2.45, 2.75) is 34.1 Å². The standard InChI is InChI=1S/C14H25NS/c1-11(2)9-15-10-13(12(3)4)8-14-6-5-7-16-14/h5-7,11-13,15H,8-10H2,1-4H3. The third-order valence-electron chi connectivity index (χ3n) is 2.95. The van der Waals surface area contributed by atoms with E-state index in [0.717, 1.165) is 30.8 Å². The second-order valence-electron chi connectivity index (χ2n) is 5.34. The SMILES string of the molecule is CC(C)CNCC(Cc1cccs1)C(C)C. The Morgan fingerprint density at radius 3 is 2.44 bits per heavy atom. The summed E-state index contributed by atoms with van der Waals surface area (Å²) in [5.74, 6) is 2.26. The molecule has 1 unspecified atom stereocenters. The van der Waals surface area contributed by atoms with Crippen LogP contribution in [0, 0.1) is 17.8 Å². The van der Waals surface area contributed by atoms with E-state index < -0.39 is 0 Å². The first-order valence-electron chi connectivity index (χ1n) is 6.32. The number of rotatable bonds is 7. The lowest BCUT2D eigenvalue weighted by atomic mass is 9.91. The summed E-state index contributed by atoms with van der Waals surface area (Å²) in [6, 6.07) is 4.40. The Labute approximate surface area is 104 Å². The number of hydrogen-bond donors (Lipinski definition) is 1. The van der Waals surface area contributed by atoms with Gasteiger partial charge < -0.3 is 5.32 Å². The van der Waals surface area contributed by atoms with Gasteiger partial charge in [0.25, 0.3) is 0 Å². The van der Waals surface area contributed by atoms with Crippen molar-refractivity contribution in [3.05, 3.63) is 22.4 Å². The molecule has 1 heterocycles. The molecule has 1 aromatic heterocycles. The van der Waals surface area contributed by atoms with E-state index in [9.17, 15) is 0 Å². The highest BCUT2D eigenvalue weighted by atomic mass is 32.1. The maximum Gasteiger partial charge on any atom is 0.00485 e. The average Bonchev–Trinajstić information content (AvgIpc) is 2.68. The quantitative estimate of drug-likeness (QED) is 0.763. The van der Waals surface area contributed by atoms with Gasteiger partial charge >= 0.3 is 0 Å². The molecular formula is C14H25NS. The van der Waals surface area contributed by atoms with Crippen LogP contribution in [-0.4, -0.2) is 13.1 Å². The van der Waals surface area contributed by atoms with Crippen LogP contribution >= 0.6 is 11.3 Å². The number of hydrogen-bond acceptors (Lipinski definition) is 2. The molecule has 0 aromatic carbocycles. The Morgan fingerprint density at radius 1 is 1.19 bits per heavy atom. The van der Waals surface area contributed by atoms with Gasteiger partial charge in [-0.3, -0.25) is 0 Å². The molecular weight excluding hydrogens is 214 g/mol. The topological polar surface area (TPSA) is 12.0 Å². The highest BCUT2D eigenvalue weighted by molar-refractivity contribution is 7.09. The van der Waals surface area contributed by atoms with Crippen LogP contribution in [0.2, 0.25) is 0 Å². The summed E-state index contributed by atoms with van der Waals surface area (Å²) in [6.07, 6.45) is 1.22. The van der Waals surface area contributed by atoms with Crippen molar-refractivity contribution in [1.82, 2.24) is 5.32 Å². The molecule has 0 radical (unpaired) electrons. The molecule has 0 saturated heterocycles. The van der Waals surface area contributed by atoms with Gasteiger partial charge in [0, 0.05) is 4.88 Å². The minimum absolute atomic E-state index is 0.745. The van der Waals surface area contributed by atoms with Crippen LogP contribution in [-0.2, 0) is 6.42 Å². The Bertz CT molecular complexity index is 264. The van der Waals surface area contributed by atoms with Crippen molar-refractivity contribution in [2.24, 2.45) is 17.8 Å². The van der Waals surface area contributed by atoms with Crippen LogP contribution in [0.5, 0.6) is 0 Å². The minimum atomic E-state index is 0.745. The molecule has 1 N–H and O–H groups in total. The smallest absolute Gasteiger partial charge is 0.00485 e. The molecule has 1 rings (SSSR count). The number of thiophene rings is 1. The van der Waals surface area contributed by atoms with E-state index >= 15 is 0 Å². The highest BCUT2D eigenvalue weighted by Gasteiger charge is 2.14. The van der Waals surface area contributed by atoms with Crippen molar-refractivity contribution < 1.29 is 0 Å². The zero-order valence-electron chi connectivity index (χ0n) is 11.0. The molecule has 0 fully saturated rings. The summed E-state index contributed by atoms with van der Waals surface area (Å²) < 4.78 is 0. The van der Waals surface area contributed by atoms with E-state index in [1.165, 1.54) is 11.3 Å². The Kier molecular flexibility index (Phi) is 6.07. The monoisotopic (exact) mass is 239 g/mol. The van der Waals surface area contributed by atoms with Gasteiger partial charge in [-0.25, -0.2) is 0 Å². The lowest BCUT2D eigenvalue weighted by molar-refractivity contribution is 0.354. The van der Waals surface area contributed by atoms with E-state index in [2.05, 4.69) is 50.5 Å². The summed E-state index contributed by atoms with van der Waals surface area (Å²) in [6.45, 7) is 11.5. The van der Waals surface area contributed by atoms with Gasteiger partial charge in [-0.2, -0.15) is 0 Å². The van der Waals surface area contributed by atoms with Crippen LogP contribution in [0.25, 0.3) is 0 Å². The van der Waals surface area contributed by atoms with Gasteiger partial charge in [0.05, 0.1) is 0 Å². The summed E-state index contributed by atoms with van der Waals surface area (Å²) >= 11 is 1.88. The van der Waals surface area contributed by atoms with E-state index in [0.29, 0.717) is 0 Å². The first-order chi connectivity index (χ1) is 7.59. The Hall–Kier alpha value is -0.340. The largest absolute Gasteiger partial charge is 0.316 e. The molecule has 92 valence electrons. The molecule has 0 bridgehead atoms. The fraction of sp³-hybridized carbons (Fsp3) is 0.714. The molecule has 0 saturated carbocycles. The van der Waals surface area contributed by atoms with Crippen molar-refractivity contribution in [3.63, 3.8) is 0 Å². The number of nitrogens with one attached hydrogen (secondary N) is 1. The normalized spacial score (nSPS) is 13.6. The van der Waals surface area contributed by atoms with Gasteiger partial charge in [0.15, 0.2) is 0 Å². The van der Waals surface area contributed by atoms with Gasteiger partial charge in [0.2, 0.25) is 0 Å². The summed E-state index contributed by atoms with van der Waals surface area (Å²) in [5, 5.41) is 5.76. The Morgan fingerprint density at radius 2 is 1.94 bits per heavy atom. The molecule has 16 heavy (non-hydrogen) atoms. The summed E-state index contributed by atoms with van der Waals surface area (Å²) in [7, 11) is 0. The van der Waals surface area contributed by atoms with Crippen molar-refractivity contribution in [2.75, 3.05) is 13.1 Å². The van der Waals surface area contributed by atoms with E-state index in [-0.39, 0.29) is 0 Å². The first-order valence-corrected chi connectivity index (χ1v) is 7.20. The molecule has 1 aromatic rings. The van der Waals surface area contributed by atoms with Gasteiger partial charge in [-0.1, -0.05) is 33.8 Å². The van der Waals surface area contributed by atoms with Crippen molar-refractivity contribution >= 4 is 11.3 Å². The third kappa shape index (κ3) is 5.13. The molecule has 1 atom stereocenters. The fourth-order valence-corrected chi connectivity index (χ4v) is 2.59. The maximum atomic E-state index is 3.58. The van der Waals surface area contributed by atoms with Crippen molar-refractivity contribution in [3.8, 4) is 0 Å². The lowest BCUT2D eigenvalue weighted by Crippen LogP contribution is -2.30. The van der Waals surface area contributed by atoms with Crippen LogP contribution in [0.15, 0.2) is 17.5 Å². The zero-order chi connectivity index (χ0) is 12.0. The van der Waals surface area contributed by atoms with Gasteiger partial charge in [0.1, 0.15) is 0 Å². The molecule has 0 amide bonds. The van der Waals surface area contributed by atoms with E-state index in [4.69, 9.17) is 0 Å². The average molecular weight is 239 g/mol. The predicted molar refractivity (Wildman–Crippen MR) is 74.1 cm³/mol. The lowest BCUT2D eigenvalue weighted by Gasteiger charge is -2.21. The third-order valence-corrected chi connectivity index (χ3v) is 3.84. The Balaban J connectivity index is 2.36. The zero-order valence-corrected chi connectivity index (χ0v) is 11.8. The van der Waals surface area contributed by atoms with Gasteiger partial charge in [-0.05, 0) is 48.7 Å². The fourth-order valence-electron chi connectivity index (χ4n) is 1.79. The molecule has 0 aliphatic heterocycles. The van der Waals surface area contributed by atoms with Gasteiger partial charge in [-0.15, -0.1) is 11.3 Å². The molecule has 1 nitrogen and oxygen atoms in total. The van der Waals surface area contributed by atoms with E-state index in [1.54, 1.807) is 0 Å². The highest BCUT2D eigenvalue weighted by Crippen LogP contribution is 2.19. The second kappa shape index (κ2) is 7.08. The molecule has 0 spiro atoms. The van der Waals surface area contributed by atoms with Crippen molar-refractivity contribution in [1.29, 1.82) is 0 Å². The second-order valence-corrected chi connectivity index (χ2v) is 6.37. The first kappa shape index (κ1) is 13.7. The van der Waals surface area contributed by atoms with Crippen LogP contribution in [0.1, 0.15) is 32.6 Å². The summed E-state index contributed by atoms with van der Waals surface area (Å²) in [5.41, 5.74) is 0. The predicted octanol–water partition coefficient (Wildman–Crippen LogP) is 3.81. The molecule has 0 aliphatic carbocycles.